The van der Waals surface area contributed by atoms with Crippen molar-refractivity contribution in [1.29, 1.82) is 0 Å². The fraction of sp³-hybridized carbons (Fsp3) is 0.286. The third-order valence-corrected chi connectivity index (χ3v) is 4.98. The van der Waals surface area contributed by atoms with Crippen molar-refractivity contribution in [3.63, 3.8) is 0 Å². The number of furan rings is 1. The molecule has 0 saturated carbocycles. The molecule has 2 aromatic heterocycles. The number of nitrogens with one attached hydrogen (secondary N) is 1. The van der Waals surface area contributed by atoms with Crippen LogP contribution in [0.1, 0.15) is 27.7 Å². The minimum absolute atomic E-state index is 0.195. The number of rotatable bonds is 8. The number of thioether (sulfide) groups is 1. The molecular formula is C21H23N3O5S. The molecule has 2 heterocycles. The van der Waals surface area contributed by atoms with Gasteiger partial charge in [-0.25, -0.2) is 9.97 Å². The van der Waals surface area contributed by atoms with Gasteiger partial charge in [0.1, 0.15) is 5.76 Å². The molecule has 1 amide bonds. The number of hydrogen-bond acceptors (Lipinski definition) is 8. The first kappa shape index (κ1) is 21.5. The van der Waals surface area contributed by atoms with Crippen molar-refractivity contribution in [2.75, 3.05) is 26.6 Å². The normalized spacial score (nSPS) is 10.6. The van der Waals surface area contributed by atoms with Gasteiger partial charge in [0.25, 0.3) is 5.91 Å². The number of carbonyl (C=O) groups is 1. The summed E-state index contributed by atoms with van der Waals surface area (Å²) >= 11 is 1.45. The summed E-state index contributed by atoms with van der Waals surface area (Å²) in [5.41, 5.74) is 2.31. The Hall–Kier alpha value is -3.20. The smallest absolute Gasteiger partial charge is 0.291 e. The lowest BCUT2D eigenvalue weighted by Crippen LogP contribution is -2.11. The maximum Gasteiger partial charge on any atom is 0.291 e. The molecule has 0 saturated heterocycles. The first-order valence-electron chi connectivity index (χ1n) is 9.08. The van der Waals surface area contributed by atoms with E-state index in [1.165, 1.54) is 33.1 Å². The molecule has 0 radical (unpaired) electrons. The molecule has 0 aliphatic heterocycles. The van der Waals surface area contributed by atoms with E-state index in [9.17, 15) is 4.79 Å². The Bertz CT molecular complexity index is 1010. The van der Waals surface area contributed by atoms with Crippen LogP contribution in [0.2, 0.25) is 0 Å². The van der Waals surface area contributed by atoms with Crippen LogP contribution in [0.3, 0.4) is 0 Å². The zero-order valence-corrected chi connectivity index (χ0v) is 18.3. The Morgan fingerprint density at radius 1 is 1.00 bits per heavy atom. The zero-order valence-electron chi connectivity index (χ0n) is 17.4. The van der Waals surface area contributed by atoms with Gasteiger partial charge in [-0.3, -0.25) is 4.79 Å². The van der Waals surface area contributed by atoms with Crippen LogP contribution in [0.4, 0.5) is 5.69 Å². The van der Waals surface area contributed by atoms with Gasteiger partial charge in [0.05, 0.1) is 27.1 Å². The molecule has 0 aliphatic carbocycles. The maximum atomic E-state index is 12.6. The Kier molecular flexibility index (Phi) is 6.83. The topological polar surface area (TPSA) is 95.7 Å². The van der Waals surface area contributed by atoms with E-state index in [1.807, 2.05) is 19.9 Å². The Morgan fingerprint density at radius 2 is 1.63 bits per heavy atom. The molecule has 0 aliphatic rings. The summed E-state index contributed by atoms with van der Waals surface area (Å²) in [6.07, 6.45) is 0. The second-order valence-electron chi connectivity index (χ2n) is 6.36. The fourth-order valence-electron chi connectivity index (χ4n) is 2.82. The molecule has 0 unspecified atom stereocenters. The number of aromatic nitrogens is 2. The third kappa shape index (κ3) is 5.04. The van der Waals surface area contributed by atoms with E-state index in [0.717, 1.165) is 11.4 Å². The second kappa shape index (κ2) is 9.53. The van der Waals surface area contributed by atoms with Crippen LogP contribution in [0.5, 0.6) is 17.2 Å². The summed E-state index contributed by atoms with van der Waals surface area (Å²) in [6, 6.07) is 8.61. The summed E-state index contributed by atoms with van der Waals surface area (Å²) < 4.78 is 21.6. The Balaban J connectivity index is 1.69. The van der Waals surface area contributed by atoms with Crippen LogP contribution < -0.4 is 19.5 Å². The van der Waals surface area contributed by atoms with Gasteiger partial charge in [0, 0.05) is 29.2 Å². The summed E-state index contributed by atoms with van der Waals surface area (Å²) in [7, 11) is 4.54. The molecule has 8 nitrogen and oxygen atoms in total. The van der Waals surface area contributed by atoms with E-state index in [0.29, 0.717) is 39.6 Å². The van der Waals surface area contributed by atoms with E-state index in [2.05, 4.69) is 15.3 Å². The van der Waals surface area contributed by atoms with E-state index in [-0.39, 0.29) is 11.7 Å². The molecule has 0 fully saturated rings. The lowest BCUT2D eigenvalue weighted by atomic mass is 10.2. The summed E-state index contributed by atoms with van der Waals surface area (Å²) in [6.45, 7) is 3.86. The van der Waals surface area contributed by atoms with Gasteiger partial charge in [-0.1, -0.05) is 11.8 Å². The predicted octanol–water partition coefficient (Wildman–Crippen LogP) is 4.26. The quantitative estimate of drug-likeness (QED) is 0.419. The molecule has 3 rings (SSSR count). The minimum atomic E-state index is -0.386. The average Bonchev–Trinajstić information content (AvgIpc) is 3.20. The highest BCUT2D eigenvalue weighted by Crippen LogP contribution is 2.40. The van der Waals surface area contributed by atoms with Crippen molar-refractivity contribution in [3.05, 3.63) is 53.2 Å². The van der Waals surface area contributed by atoms with Gasteiger partial charge in [0.15, 0.2) is 22.4 Å². The van der Waals surface area contributed by atoms with Crippen molar-refractivity contribution >= 4 is 23.4 Å². The van der Waals surface area contributed by atoms with Gasteiger partial charge in [-0.2, -0.15) is 0 Å². The van der Waals surface area contributed by atoms with Crippen molar-refractivity contribution in [2.24, 2.45) is 0 Å². The molecule has 0 bridgehead atoms. The van der Waals surface area contributed by atoms with Crippen LogP contribution in [0.15, 0.2) is 39.9 Å². The summed E-state index contributed by atoms with van der Waals surface area (Å²) in [5, 5.41) is 3.45. The zero-order chi connectivity index (χ0) is 21.7. The first-order chi connectivity index (χ1) is 14.4. The Labute approximate surface area is 179 Å². The minimum Gasteiger partial charge on any atom is -0.493 e. The molecule has 0 atom stereocenters. The first-order valence-corrected chi connectivity index (χ1v) is 10.1. The number of nitrogens with zero attached hydrogens (tertiary/aromatic N) is 2. The van der Waals surface area contributed by atoms with Crippen LogP contribution in [-0.2, 0) is 5.75 Å². The summed E-state index contributed by atoms with van der Waals surface area (Å²) in [5.74, 6) is 2.31. The molecule has 30 heavy (non-hydrogen) atoms. The highest BCUT2D eigenvalue weighted by Gasteiger charge is 2.17. The molecule has 158 valence electrons. The number of amides is 1. The molecule has 0 spiro atoms. The molecule has 9 heteroatoms. The largest absolute Gasteiger partial charge is 0.493 e. The number of ether oxygens (including phenoxy) is 3. The van der Waals surface area contributed by atoms with Crippen molar-refractivity contribution in [3.8, 4) is 17.2 Å². The summed E-state index contributed by atoms with van der Waals surface area (Å²) in [4.78, 5) is 21.4. The van der Waals surface area contributed by atoms with Crippen LogP contribution in [0, 0.1) is 13.8 Å². The number of carbonyl (C=O) groups excluding carboxylic acids is 1. The van der Waals surface area contributed by atoms with Gasteiger partial charge in [0.2, 0.25) is 5.75 Å². The second-order valence-corrected chi connectivity index (χ2v) is 7.30. The number of anilines is 1. The number of methoxy groups -OCH3 is 3. The van der Waals surface area contributed by atoms with Crippen LogP contribution >= 0.6 is 11.8 Å². The highest BCUT2D eigenvalue weighted by atomic mass is 32.2. The van der Waals surface area contributed by atoms with Crippen LogP contribution in [0.25, 0.3) is 0 Å². The van der Waals surface area contributed by atoms with Crippen LogP contribution in [-0.4, -0.2) is 37.2 Å². The number of benzene rings is 1. The van der Waals surface area contributed by atoms with Gasteiger partial charge >= 0.3 is 0 Å². The average molecular weight is 429 g/mol. The maximum absolute atomic E-state index is 12.6. The third-order valence-electron chi connectivity index (χ3n) is 4.11. The standard InChI is InChI=1S/C21H23N3O5S/c1-12-8-13(2)23-21(22-12)30-11-15-6-7-16(29-15)20(25)24-14-9-17(26-3)19(28-5)18(10-14)27-4/h6-10H,11H2,1-5H3,(H,24,25). The van der Waals surface area contributed by atoms with Crippen molar-refractivity contribution in [1.82, 2.24) is 9.97 Å². The van der Waals surface area contributed by atoms with E-state index >= 15 is 0 Å². The van der Waals surface area contributed by atoms with Crippen molar-refractivity contribution < 1.29 is 23.4 Å². The predicted molar refractivity (Wildman–Crippen MR) is 114 cm³/mol. The molecule has 1 aromatic carbocycles. The molecule has 3 aromatic rings. The molecular weight excluding hydrogens is 406 g/mol. The number of hydrogen-bond donors (Lipinski definition) is 1. The lowest BCUT2D eigenvalue weighted by molar-refractivity contribution is 0.0995. The molecule has 1 N–H and O–H groups in total. The van der Waals surface area contributed by atoms with E-state index < -0.39 is 0 Å². The van der Waals surface area contributed by atoms with Crippen molar-refractivity contribution in [2.45, 2.75) is 24.8 Å². The van der Waals surface area contributed by atoms with E-state index in [1.54, 1.807) is 24.3 Å². The lowest BCUT2D eigenvalue weighted by Gasteiger charge is -2.14. The Morgan fingerprint density at radius 3 is 2.20 bits per heavy atom. The monoisotopic (exact) mass is 429 g/mol. The van der Waals surface area contributed by atoms with E-state index in [4.69, 9.17) is 18.6 Å². The van der Waals surface area contributed by atoms with Gasteiger partial charge in [-0.05, 0) is 32.0 Å². The SMILES string of the molecule is COc1cc(NC(=O)c2ccc(CSc3nc(C)cc(C)n3)o2)cc(OC)c1OC. The highest BCUT2D eigenvalue weighted by molar-refractivity contribution is 7.98. The number of aryl methyl sites for hydroxylation is 2. The fourth-order valence-corrected chi connectivity index (χ4v) is 3.66. The van der Waals surface area contributed by atoms with Gasteiger partial charge < -0.3 is 23.9 Å². The van der Waals surface area contributed by atoms with Gasteiger partial charge in [-0.15, -0.1) is 0 Å².